The molecule has 0 aliphatic carbocycles. The molecule has 0 aromatic carbocycles. The largest absolute Gasteiger partial charge is 0.317 e. The van der Waals surface area contributed by atoms with Crippen LogP contribution in [0.4, 0.5) is 0 Å². The number of nitrogens with one attached hydrogen (secondary N) is 2. The number of imide groups is 1. The third-order valence-electron chi connectivity index (χ3n) is 4.55. The van der Waals surface area contributed by atoms with Crippen molar-refractivity contribution in [2.75, 3.05) is 26.7 Å². The fraction of sp³-hybridized carbons (Fsp3) is 0.818. The molecule has 0 saturated carbocycles. The van der Waals surface area contributed by atoms with Gasteiger partial charge in [-0.1, -0.05) is 0 Å². The van der Waals surface area contributed by atoms with Gasteiger partial charge in [-0.15, -0.1) is 0 Å². The Labute approximate surface area is 94.6 Å². The zero-order valence-electron chi connectivity index (χ0n) is 9.45. The third kappa shape index (κ3) is 1.13. The molecule has 88 valence electrons. The van der Waals surface area contributed by atoms with Gasteiger partial charge < -0.3 is 5.32 Å². The van der Waals surface area contributed by atoms with Gasteiger partial charge in [0, 0.05) is 12.1 Å². The summed E-state index contributed by atoms with van der Waals surface area (Å²) in [5, 5.41) is 5.81. The molecule has 3 rings (SSSR count). The van der Waals surface area contributed by atoms with Crippen LogP contribution < -0.4 is 10.6 Å². The standard InChI is InChI=1S/C11H17N3O2/c1-14-6-7-8(10(16)13-9(7)15)11(14)2-4-12-5-3-11/h7-8,12H,2-6H2,1H3,(H,13,15,16). The molecule has 3 saturated heterocycles. The average molecular weight is 223 g/mol. The first kappa shape index (κ1) is 10.2. The summed E-state index contributed by atoms with van der Waals surface area (Å²) in [6, 6.07) is 0. The topological polar surface area (TPSA) is 61.4 Å². The van der Waals surface area contributed by atoms with Crippen LogP contribution in [0.1, 0.15) is 12.8 Å². The van der Waals surface area contributed by atoms with Crippen molar-refractivity contribution in [3.8, 4) is 0 Å². The highest BCUT2D eigenvalue weighted by atomic mass is 16.2. The van der Waals surface area contributed by atoms with Gasteiger partial charge in [-0.05, 0) is 33.0 Å². The van der Waals surface area contributed by atoms with Crippen molar-refractivity contribution in [2.24, 2.45) is 11.8 Å². The van der Waals surface area contributed by atoms with E-state index in [1.807, 2.05) is 7.05 Å². The van der Waals surface area contributed by atoms with Gasteiger partial charge in [0.1, 0.15) is 0 Å². The molecule has 0 aromatic rings. The Balaban J connectivity index is 1.98. The summed E-state index contributed by atoms with van der Waals surface area (Å²) >= 11 is 0. The molecule has 0 aromatic heterocycles. The summed E-state index contributed by atoms with van der Waals surface area (Å²) in [7, 11) is 2.05. The van der Waals surface area contributed by atoms with E-state index in [1.165, 1.54) is 0 Å². The van der Waals surface area contributed by atoms with E-state index in [0.717, 1.165) is 32.5 Å². The number of hydrogen-bond donors (Lipinski definition) is 2. The van der Waals surface area contributed by atoms with Crippen LogP contribution in [-0.2, 0) is 9.59 Å². The molecule has 0 radical (unpaired) electrons. The minimum atomic E-state index is -0.118. The second kappa shape index (κ2) is 3.28. The van der Waals surface area contributed by atoms with Gasteiger partial charge in [0.05, 0.1) is 11.8 Å². The number of amides is 2. The molecule has 2 unspecified atom stereocenters. The predicted molar refractivity (Wildman–Crippen MR) is 57.6 cm³/mol. The number of likely N-dealkylation sites (tertiary alicyclic amines) is 1. The minimum absolute atomic E-state index is 0.0544. The number of carbonyl (C=O) groups excluding carboxylic acids is 2. The van der Waals surface area contributed by atoms with Gasteiger partial charge in [-0.25, -0.2) is 0 Å². The van der Waals surface area contributed by atoms with Crippen LogP contribution in [0.25, 0.3) is 0 Å². The maximum atomic E-state index is 11.9. The molecule has 2 atom stereocenters. The zero-order chi connectivity index (χ0) is 11.3. The molecular formula is C11H17N3O2. The lowest BCUT2D eigenvalue weighted by molar-refractivity contribution is -0.128. The SMILES string of the molecule is CN1CC2C(=O)NC(=O)C2C12CCNCC2. The van der Waals surface area contributed by atoms with E-state index in [2.05, 4.69) is 15.5 Å². The molecule has 16 heavy (non-hydrogen) atoms. The van der Waals surface area contributed by atoms with Crippen molar-refractivity contribution in [3.05, 3.63) is 0 Å². The zero-order valence-corrected chi connectivity index (χ0v) is 9.45. The highest BCUT2D eigenvalue weighted by Gasteiger charge is 2.60. The summed E-state index contributed by atoms with van der Waals surface area (Å²) < 4.78 is 0. The third-order valence-corrected chi connectivity index (χ3v) is 4.55. The van der Waals surface area contributed by atoms with Crippen LogP contribution in [0, 0.1) is 11.8 Å². The quantitative estimate of drug-likeness (QED) is 0.514. The van der Waals surface area contributed by atoms with E-state index in [-0.39, 0.29) is 29.2 Å². The van der Waals surface area contributed by atoms with Crippen LogP contribution in [0.2, 0.25) is 0 Å². The predicted octanol–water partition coefficient (Wildman–Crippen LogP) is -1.06. The molecule has 5 heteroatoms. The molecule has 1 spiro atoms. The highest BCUT2D eigenvalue weighted by molar-refractivity contribution is 6.06. The van der Waals surface area contributed by atoms with Crippen LogP contribution in [0.15, 0.2) is 0 Å². The summed E-state index contributed by atoms with van der Waals surface area (Å²) in [6.45, 7) is 2.60. The summed E-state index contributed by atoms with van der Waals surface area (Å²) in [5.74, 6) is -0.360. The van der Waals surface area contributed by atoms with Crippen LogP contribution >= 0.6 is 0 Å². The van der Waals surface area contributed by atoms with E-state index < -0.39 is 0 Å². The van der Waals surface area contributed by atoms with E-state index >= 15 is 0 Å². The minimum Gasteiger partial charge on any atom is -0.317 e. The fourth-order valence-corrected chi connectivity index (χ4v) is 3.70. The second-order valence-corrected chi connectivity index (χ2v) is 5.17. The first-order chi connectivity index (χ1) is 7.65. The van der Waals surface area contributed by atoms with Crippen LogP contribution in [-0.4, -0.2) is 48.9 Å². The van der Waals surface area contributed by atoms with Crippen LogP contribution in [0.3, 0.4) is 0 Å². The van der Waals surface area contributed by atoms with Gasteiger partial charge in [-0.3, -0.25) is 19.8 Å². The Kier molecular flexibility index (Phi) is 2.09. The van der Waals surface area contributed by atoms with Gasteiger partial charge in [0.15, 0.2) is 0 Å². The molecule has 2 amide bonds. The van der Waals surface area contributed by atoms with Crippen molar-refractivity contribution >= 4 is 11.8 Å². The highest BCUT2D eigenvalue weighted by Crippen LogP contribution is 2.46. The molecule has 3 fully saturated rings. The smallest absolute Gasteiger partial charge is 0.232 e. The van der Waals surface area contributed by atoms with Gasteiger partial charge in [0.2, 0.25) is 11.8 Å². The Morgan fingerprint density at radius 2 is 1.94 bits per heavy atom. The lowest BCUT2D eigenvalue weighted by atomic mass is 9.75. The molecule has 3 aliphatic heterocycles. The summed E-state index contributed by atoms with van der Waals surface area (Å²) in [6.07, 6.45) is 1.93. The van der Waals surface area contributed by atoms with E-state index in [1.54, 1.807) is 0 Å². The van der Waals surface area contributed by atoms with Gasteiger partial charge in [-0.2, -0.15) is 0 Å². The number of hydrogen-bond acceptors (Lipinski definition) is 4. The Morgan fingerprint density at radius 3 is 2.62 bits per heavy atom. The summed E-state index contributed by atoms with van der Waals surface area (Å²) in [5.41, 5.74) is -0.0772. The number of rotatable bonds is 0. The molecule has 3 heterocycles. The van der Waals surface area contributed by atoms with Crippen molar-refractivity contribution < 1.29 is 9.59 Å². The molecule has 3 aliphatic rings. The van der Waals surface area contributed by atoms with E-state index in [4.69, 9.17) is 0 Å². The first-order valence-electron chi connectivity index (χ1n) is 5.92. The van der Waals surface area contributed by atoms with Gasteiger partial charge in [0.25, 0.3) is 0 Å². The Bertz CT molecular complexity index is 349. The van der Waals surface area contributed by atoms with Crippen molar-refractivity contribution in [1.29, 1.82) is 0 Å². The molecule has 2 N–H and O–H groups in total. The number of piperidine rings is 1. The lowest BCUT2D eigenvalue weighted by Crippen LogP contribution is -2.55. The maximum Gasteiger partial charge on any atom is 0.232 e. The van der Waals surface area contributed by atoms with E-state index in [0.29, 0.717) is 0 Å². The Morgan fingerprint density at radius 1 is 1.25 bits per heavy atom. The normalized spacial score (nSPS) is 37.8. The lowest BCUT2D eigenvalue weighted by Gasteiger charge is -2.42. The van der Waals surface area contributed by atoms with Crippen molar-refractivity contribution in [1.82, 2.24) is 15.5 Å². The average Bonchev–Trinajstić information content (AvgIpc) is 2.69. The van der Waals surface area contributed by atoms with E-state index in [9.17, 15) is 9.59 Å². The number of fused-ring (bicyclic) bond motifs is 2. The van der Waals surface area contributed by atoms with Crippen LogP contribution in [0.5, 0.6) is 0 Å². The molecule has 0 bridgehead atoms. The van der Waals surface area contributed by atoms with Crippen molar-refractivity contribution in [3.63, 3.8) is 0 Å². The molecule has 5 nitrogen and oxygen atoms in total. The second-order valence-electron chi connectivity index (χ2n) is 5.17. The van der Waals surface area contributed by atoms with Crippen molar-refractivity contribution in [2.45, 2.75) is 18.4 Å². The maximum absolute atomic E-state index is 11.9. The fourth-order valence-electron chi connectivity index (χ4n) is 3.70. The first-order valence-corrected chi connectivity index (χ1v) is 5.92. The van der Waals surface area contributed by atoms with Gasteiger partial charge >= 0.3 is 0 Å². The monoisotopic (exact) mass is 223 g/mol. The molecular weight excluding hydrogens is 206 g/mol. The summed E-state index contributed by atoms with van der Waals surface area (Å²) in [4.78, 5) is 25.8. The number of nitrogens with zero attached hydrogens (tertiary/aromatic N) is 1. The Hall–Kier alpha value is -0.940. The number of carbonyl (C=O) groups is 2.